The third kappa shape index (κ3) is 4.21. The lowest BCUT2D eigenvalue weighted by molar-refractivity contribution is -0.0875. The van der Waals surface area contributed by atoms with Gasteiger partial charge in [-0.05, 0) is 32.0 Å². The van der Waals surface area contributed by atoms with Gasteiger partial charge in [-0.25, -0.2) is 4.79 Å². The minimum absolute atomic E-state index is 0.110. The van der Waals surface area contributed by atoms with Gasteiger partial charge < -0.3 is 14.6 Å². The first kappa shape index (κ1) is 14.8. The molecule has 0 amide bonds. The second-order valence-corrected chi connectivity index (χ2v) is 5.57. The van der Waals surface area contributed by atoms with E-state index in [0.717, 1.165) is 26.2 Å². The Morgan fingerprint density at radius 3 is 3.00 bits per heavy atom. The van der Waals surface area contributed by atoms with Gasteiger partial charge in [-0.3, -0.25) is 4.90 Å². The maximum absolute atomic E-state index is 10.9. The molecule has 0 bridgehead atoms. The molecule has 0 radical (unpaired) electrons. The molecule has 1 aromatic carbocycles. The van der Waals surface area contributed by atoms with Crippen LogP contribution in [0.4, 0.5) is 0 Å². The van der Waals surface area contributed by atoms with Crippen molar-refractivity contribution >= 4 is 5.97 Å². The second kappa shape index (κ2) is 6.24. The number of carboxylic acid groups (broad SMARTS) is 1. The molecule has 0 unspecified atom stereocenters. The number of rotatable bonds is 5. The van der Waals surface area contributed by atoms with Crippen LogP contribution in [0.2, 0.25) is 0 Å². The minimum atomic E-state index is -0.939. The van der Waals surface area contributed by atoms with Crippen molar-refractivity contribution < 1.29 is 19.4 Å². The van der Waals surface area contributed by atoms with E-state index in [1.165, 1.54) is 0 Å². The Bertz CT molecular complexity index is 473. The summed E-state index contributed by atoms with van der Waals surface area (Å²) in [7, 11) is 0. The smallest absolute Gasteiger partial charge is 0.335 e. The van der Waals surface area contributed by atoms with E-state index in [0.29, 0.717) is 12.4 Å². The molecule has 0 saturated carbocycles. The van der Waals surface area contributed by atoms with Crippen LogP contribution >= 0.6 is 0 Å². The first-order valence-corrected chi connectivity index (χ1v) is 6.79. The highest BCUT2D eigenvalue weighted by Gasteiger charge is 2.26. The fourth-order valence-electron chi connectivity index (χ4n) is 2.32. The van der Waals surface area contributed by atoms with Gasteiger partial charge in [0.2, 0.25) is 0 Å². The lowest BCUT2D eigenvalue weighted by Gasteiger charge is -2.38. The summed E-state index contributed by atoms with van der Waals surface area (Å²) in [5.41, 5.74) is 0.136. The number of carboxylic acids is 1. The second-order valence-electron chi connectivity index (χ2n) is 5.57. The van der Waals surface area contributed by atoms with E-state index in [2.05, 4.69) is 18.7 Å². The first-order valence-electron chi connectivity index (χ1n) is 6.79. The molecule has 5 nitrogen and oxygen atoms in total. The molecular formula is C15H21NO4. The summed E-state index contributed by atoms with van der Waals surface area (Å²) in [5, 5.41) is 8.92. The monoisotopic (exact) mass is 279 g/mol. The lowest BCUT2D eigenvalue weighted by Crippen LogP contribution is -2.49. The van der Waals surface area contributed by atoms with E-state index in [1.807, 2.05) is 0 Å². The number of aromatic carboxylic acids is 1. The predicted octanol–water partition coefficient (Wildman–Crippen LogP) is 1.87. The molecule has 1 N–H and O–H groups in total. The highest BCUT2D eigenvalue weighted by Crippen LogP contribution is 2.17. The van der Waals surface area contributed by atoms with Crippen LogP contribution in [-0.2, 0) is 4.74 Å². The van der Waals surface area contributed by atoms with Crippen LogP contribution < -0.4 is 4.74 Å². The van der Waals surface area contributed by atoms with Crippen LogP contribution in [0, 0.1) is 0 Å². The van der Waals surface area contributed by atoms with Crippen molar-refractivity contribution in [2.45, 2.75) is 19.4 Å². The van der Waals surface area contributed by atoms with Crippen molar-refractivity contribution in [1.82, 2.24) is 4.90 Å². The standard InChI is InChI=1S/C15H21NO4/c1-15(2)11-16(7-9-20-15)6-8-19-13-5-3-4-12(10-13)14(17)18/h3-5,10H,6-9,11H2,1-2H3,(H,17,18). The minimum Gasteiger partial charge on any atom is -0.492 e. The van der Waals surface area contributed by atoms with E-state index < -0.39 is 5.97 Å². The molecule has 1 fully saturated rings. The number of ether oxygens (including phenoxy) is 2. The maximum atomic E-state index is 10.9. The molecular weight excluding hydrogens is 258 g/mol. The van der Waals surface area contributed by atoms with E-state index in [9.17, 15) is 4.79 Å². The van der Waals surface area contributed by atoms with Gasteiger partial charge in [0.25, 0.3) is 0 Å². The van der Waals surface area contributed by atoms with Gasteiger partial charge in [-0.1, -0.05) is 6.07 Å². The molecule has 1 aromatic rings. The van der Waals surface area contributed by atoms with Gasteiger partial charge in [-0.15, -0.1) is 0 Å². The Labute approximate surface area is 119 Å². The molecule has 1 aliphatic rings. The summed E-state index contributed by atoms with van der Waals surface area (Å²) < 4.78 is 11.3. The number of benzene rings is 1. The van der Waals surface area contributed by atoms with Gasteiger partial charge in [0.05, 0.1) is 17.8 Å². The van der Waals surface area contributed by atoms with E-state index >= 15 is 0 Å². The van der Waals surface area contributed by atoms with Crippen LogP contribution in [0.3, 0.4) is 0 Å². The fraction of sp³-hybridized carbons (Fsp3) is 0.533. The van der Waals surface area contributed by atoms with Gasteiger partial charge in [0.15, 0.2) is 0 Å². The average Bonchev–Trinajstić information content (AvgIpc) is 2.38. The molecule has 110 valence electrons. The number of nitrogens with zero attached hydrogens (tertiary/aromatic N) is 1. The van der Waals surface area contributed by atoms with Gasteiger partial charge in [0.1, 0.15) is 12.4 Å². The highest BCUT2D eigenvalue weighted by atomic mass is 16.5. The molecule has 0 aromatic heterocycles. The van der Waals surface area contributed by atoms with Crippen molar-refractivity contribution in [1.29, 1.82) is 0 Å². The molecule has 0 spiro atoms. The van der Waals surface area contributed by atoms with E-state index in [-0.39, 0.29) is 11.2 Å². The molecule has 2 rings (SSSR count). The van der Waals surface area contributed by atoms with Gasteiger partial charge in [0, 0.05) is 19.6 Å². The summed E-state index contributed by atoms with van der Waals surface area (Å²) >= 11 is 0. The van der Waals surface area contributed by atoms with E-state index in [4.69, 9.17) is 14.6 Å². The van der Waals surface area contributed by atoms with Gasteiger partial charge in [-0.2, -0.15) is 0 Å². The summed E-state index contributed by atoms with van der Waals surface area (Å²) in [5.74, 6) is -0.345. The number of carbonyl (C=O) groups is 1. The normalized spacial score (nSPS) is 18.7. The largest absolute Gasteiger partial charge is 0.492 e. The first-order chi connectivity index (χ1) is 9.46. The van der Waals surface area contributed by atoms with Crippen LogP contribution in [0.25, 0.3) is 0 Å². The quantitative estimate of drug-likeness (QED) is 0.891. The maximum Gasteiger partial charge on any atom is 0.335 e. The number of morpholine rings is 1. The Hall–Kier alpha value is -1.59. The molecule has 0 atom stereocenters. The van der Waals surface area contributed by atoms with Crippen LogP contribution in [0.15, 0.2) is 24.3 Å². The fourth-order valence-corrected chi connectivity index (χ4v) is 2.32. The molecule has 1 aliphatic heterocycles. The topological polar surface area (TPSA) is 59.0 Å². The predicted molar refractivity (Wildman–Crippen MR) is 75.4 cm³/mol. The summed E-state index contributed by atoms with van der Waals surface area (Å²) in [4.78, 5) is 13.2. The summed E-state index contributed by atoms with van der Waals surface area (Å²) in [6.07, 6.45) is 0. The molecule has 5 heteroatoms. The van der Waals surface area contributed by atoms with Crippen LogP contribution in [-0.4, -0.2) is 54.4 Å². The van der Waals surface area contributed by atoms with Crippen molar-refractivity contribution in [3.63, 3.8) is 0 Å². The van der Waals surface area contributed by atoms with E-state index in [1.54, 1.807) is 24.3 Å². The Kier molecular flexibility index (Phi) is 4.62. The molecule has 0 aliphatic carbocycles. The van der Waals surface area contributed by atoms with Gasteiger partial charge >= 0.3 is 5.97 Å². The summed E-state index contributed by atoms with van der Waals surface area (Å²) in [6, 6.07) is 6.57. The zero-order chi connectivity index (χ0) is 14.6. The third-order valence-electron chi connectivity index (χ3n) is 3.26. The number of hydrogen-bond donors (Lipinski definition) is 1. The lowest BCUT2D eigenvalue weighted by atomic mass is 10.1. The van der Waals surface area contributed by atoms with Crippen molar-refractivity contribution in [3.8, 4) is 5.75 Å². The number of hydrogen-bond acceptors (Lipinski definition) is 4. The molecule has 1 heterocycles. The third-order valence-corrected chi connectivity index (χ3v) is 3.26. The van der Waals surface area contributed by atoms with Crippen molar-refractivity contribution in [2.24, 2.45) is 0 Å². The Morgan fingerprint density at radius 1 is 1.50 bits per heavy atom. The van der Waals surface area contributed by atoms with Crippen molar-refractivity contribution in [3.05, 3.63) is 29.8 Å². The zero-order valence-electron chi connectivity index (χ0n) is 12.0. The molecule has 20 heavy (non-hydrogen) atoms. The Morgan fingerprint density at radius 2 is 2.30 bits per heavy atom. The highest BCUT2D eigenvalue weighted by molar-refractivity contribution is 5.87. The average molecular weight is 279 g/mol. The molecule has 1 saturated heterocycles. The summed E-state index contributed by atoms with van der Waals surface area (Å²) in [6.45, 7) is 8.03. The SMILES string of the molecule is CC1(C)CN(CCOc2cccc(C(=O)O)c2)CCO1. The van der Waals surface area contributed by atoms with Crippen molar-refractivity contribution in [2.75, 3.05) is 32.8 Å². The zero-order valence-corrected chi connectivity index (χ0v) is 12.0. The van der Waals surface area contributed by atoms with Crippen LogP contribution in [0.1, 0.15) is 24.2 Å². The van der Waals surface area contributed by atoms with Crippen LogP contribution in [0.5, 0.6) is 5.75 Å². The Balaban J connectivity index is 1.81.